The third kappa shape index (κ3) is 6.94. The van der Waals surface area contributed by atoms with Gasteiger partial charge in [-0.15, -0.1) is 6.58 Å². The first-order valence-corrected chi connectivity index (χ1v) is 15.6. The first kappa shape index (κ1) is 36.1. The molecule has 3 aliphatic rings. The zero-order valence-electron chi connectivity index (χ0n) is 25.3. The van der Waals surface area contributed by atoms with E-state index in [-0.39, 0.29) is 41.0 Å². The summed E-state index contributed by atoms with van der Waals surface area (Å²) >= 11 is 0. The number of carbonyl (C=O) groups is 3. The number of aliphatic hydroxyl groups excluding tert-OH is 2. The summed E-state index contributed by atoms with van der Waals surface area (Å²) in [6.45, 7) is 3.53. The van der Waals surface area contributed by atoms with Gasteiger partial charge in [0.1, 0.15) is 29.5 Å². The molecule has 6 atom stereocenters. The number of phenols is 2. The Morgan fingerprint density at radius 1 is 1.17 bits per heavy atom. The van der Waals surface area contributed by atoms with Gasteiger partial charge in [-0.2, -0.15) is 8.42 Å². The smallest absolute Gasteiger partial charge is 0.397 e. The van der Waals surface area contributed by atoms with Crippen molar-refractivity contribution in [1.29, 1.82) is 0 Å². The Hall–Kier alpha value is -3.78. The van der Waals surface area contributed by atoms with E-state index in [1.165, 1.54) is 31.4 Å². The Kier molecular flexibility index (Phi) is 10.6. The van der Waals surface area contributed by atoms with Gasteiger partial charge in [0, 0.05) is 42.0 Å². The van der Waals surface area contributed by atoms with E-state index in [0.717, 1.165) is 0 Å². The number of aliphatic hydroxyl groups is 3. The summed E-state index contributed by atoms with van der Waals surface area (Å²) in [6.07, 6.45) is -3.91. The van der Waals surface area contributed by atoms with Crippen molar-refractivity contribution < 1.29 is 71.3 Å². The maximum absolute atomic E-state index is 13.6. The molecule has 17 heteroatoms. The number of benzene rings is 2. The van der Waals surface area contributed by atoms with Crippen LogP contribution in [0.25, 0.3) is 0 Å². The van der Waals surface area contributed by atoms with Crippen LogP contribution in [0.5, 0.6) is 17.2 Å². The van der Waals surface area contributed by atoms with Crippen LogP contribution in [0.4, 0.5) is 0 Å². The number of phenolic OH excluding ortho intramolecular Hbond substituents is 2. The van der Waals surface area contributed by atoms with Crippen LogP contribution >= 0.6 is 0 Å². The fourth-order valence-electron chi connectivity index (χ4n) is 5.88. The van der Waals surface area contributed by atoms with Crippen LogP contribution in [-0.2, 0) is 35.3 Å². The Bertz CT molecular complexity index is 1700. The summed E-state index contributed by atoms with van der Waals surface area (Å²) in [5.74, 6) is -3.77. The summed E-state index contributed by atoms with van der Waals surface area (Å²) in [7, 11) is -2.94. The molecule has 1 heterocycles. The molecule has 0 amide bonds. The van der Waals surface area contributed by atoms with Crippen LogP contribution in [0.3, 0.4) is 0 Å². The molecule has 1 aliphatic heterocycles. The lowest BCUT2D eigenvalue weighted by Crippen LogP contribution is -2.53. The minimum absolute atomic E-state index is 0.0173. The Labute approximate surface area is 268 Å². The lowest BCUT2D eigenvalue weighted by Gasteiger charge is -2.42. The minimum atomic E-state index is -4.26. The molecular formula is C30H35NO15S. The van der Waals surface area contributed by atoms with Crippen molar-refractivity contribution in [3.05, 3.63) is 64.2 Å². The van der Waals surface area contributed by atoms with Crippen molar-refractivity contribution in [2.75, 3.05) is 20.3 Å². The van der Waals surface area contributed by atoms with Gasteiger partial charge in [-0.3, -0.25) is 18.9 Å². The first-order valence-electron chi connectivity index (χ1n) is 14.2. The van der Waals surface area contributed by atoms with E-state index in [0.29, 0.717) is 0 Å². The summed E-state index contributed by atoms with van der Waals surface area (Å²) in [5.41, 5.74) is 2.37. The van der Waals surface area contributed by atoms with E-state index in [1.807, 2.05) is 0 Å². The maximum atomic E-state index is 13.6. The SMILES string of the molecule is C=CCOS(=O)(=O)O.COc1cccc2c1C(=O)c1c(O)c3c(c(O)c1C2=O)C[C@@](O)(C(=O)CO)C[C@@H]3OC1CC(N)C(O)C(C)O1. The van der Waals surface area contributed by atoms with Gasteiger partial charge in [-0.1, -0.05) is 18.2 Å². The third-order valence-corrected chi connectivity index (χ3v) is 8.57. The number of hydrogen-bond acceptors (Lipinski definition) is 15. The molecule has 5 rings (SSSR count). The van der Waals surface area contributed by atoms with Crippen LogP contribution in [0.2, 0.25) is 0 Å². The number of rotatable bonds is 8. The molecule has 0 aromatic heterocycles. The molecule has 2 aliphatic carbocycles. The highest BCUT2D eigenvalue weighted by Crippen LogP contribution is 2.52. The van der Waals surface area contributed by atoms with E-state index in [9.17, 15) is 48.3 Å². The number of fused-ring (bicyclic) bond motifs is 3. The lowest BCUT2D eigenvalue weighted by molar-refractivity contribution is -0.247. The standard InChI is InChI=1S/C27H29NO11.C3H6O4S/c1-10-22(31)13(28)6-17(38-10)39-15-8-27(36,16(30)9-29)7-12-19(15)26(35)21-20(24(12)33)23(32)11-4-3-5-14(37-2)18(11)25(21)34;1-2-3-7-8(4,5)6/h3-5,10,13,15,17,22,29,31,33,35-36H,6-9,28H2,1-2H3;2H,1,3H2,(H,4,5,6)/t10?,13?,15-,17?,22?,27-;/m0./s1. The number of carbonyl (C=O) groups excluding carboxylic acids is 3. The largest absolute Gasteiger partial charge is 0.507 e. The van der Waals surface area contributed by atoms with E-state index in [1.54, 1.807) is 6.92 Å². The second kappa shape index (κ2) is 13.8. The predicted molar refractivity (Wildman–Crippen MR) is 159 cm³/mol. The Morgan fingerprint density at radius 3 is 2.38 bits per heavy atom. The van der Waals surface area contributed by atoms with Gasteiger partial charge in [0.25, 0.3) is 0 Å². The molecular weight excluding hydrogens is 646 g/mol. The topological polar surface area (TPSA) is 270 Å². The normalized spacial score (nSPS) is 26.7. The van der Waals surface area contributed by atoms with Crippen LogP contribution in [0, 0.1) is 0 Å². The molecule has 0 spiro atoms. The van der Waals surface area contributed by atoms with Crippen LogP contribution < -0.4 is 10.5 Å². The predicted octanol–water partition coefficient (Wildman–Crippen LogP) is -0.00690. The quantitative estimate of drug-likeness (QED) is 0.0936. The van der Waals surface area contributed by atoms with Crippen molar-refractivity contribution in [2.45, 2.75) is 62.4 Å². The molecule has 4 unspecified atom stereocenters. The molecule has 16 nitrogen and oxygen atoms in total. The monoisotopic (exact) mass is 681 g/mol. The average molecular weight is 682 g/mol. The first-order chi connectivity index (χ1) is 22.0. The van der Waals surface area contributed by atoms with E-state index >= 15 is 0 Å². The molecule has 1 saturated heterocycles. The fraction of sp³-hybridized carbons (Fsp3) is 0.433. The van der Waals surface area contributed by atoms with E-state index < -0.39 is 106 Å². The molecule has 2 aromatic rings. The molecule has 0 radical (unpaired) electrons. The third-order valence-electron chi connectivity index (χ3n) is 8.14. The Morgan fingerprint density at radius 2 is 1.83 bits per heavy atom. The number of methoxy groups -OCH3 is 1. The molecule has 47 heavy (non-hydrogen) atoms. The highest BCUT2D eigenvalue weighted by molar-refractivity contribution is 7.80. The number of hydrogen-bond donors (Lipinski definition) is 7. The van der Waals surface area contributed by atoms with Crippen molar-refractivity contribution in [1.82, 2.24) is 0 Å². The zero-order chi connectivity index (χ0) is 35.0. The maximum Gasteiger partial charge on any atom is 0.397 e. The summed E-state index contributed by atoms with van der Waals surface area (Å²) in [4.78, 5) is 39.7. The summed E-state index contributed by atoms with van der Waals surface area (Å²) in [6, 6.07) is 3.64. The van der Waals surface area contributed by atoms with Crippen LogP contribution in [0.15, 0.2) is 30.9 Å². The van der Waals surface area contributed by atoms with Gasteiger partial charge in [-0.25, -0.2) is 4.18 Å². The van der Waals surface area contributed by atoms with Crippen LogP contribution in [0.1, 0.15) is 68.8 Å². The van der Waals surface area contributed by atoms with Crippen molar-refractivity contribution >= 4 is 27.7 Å². The number of aromatic hydroxyl groups is 2. The number of ketones is 3. The van der Waals surface area contributed by atoms with Gasteiger partial charge < -0.3 is 45.5 Å². The molecule has 256 valence electrons. The summed E-state index contributed by atoms with van der Waals surface area (Å²) in [5, 5.41) is 53.7. The lowest BCUT2D eigenvalue weighted by atomic mass is 9.72. The molecule has 0 saturated carbocycles. The van der Waals surface area contributed by atoms with Gasteiger partial charge >= 0.3 is 10.4 Å². The van der Waals surface area contributed by atoms with Gasteiger partial charge in [-0.05, 0) is 13.0 Å². The van der Waals surface area contributed by atoms with Gasteiger partial charge in [0.15, 0.2) is 17.9 Å². The average Bonchev–Trinajstić information content (AvgIpc) is 3.01. The van der Waals surface area contributed by atoms with Crippen molar-refractivity contribution in [3.63, 3.8) is 0 Å². The number of Topliss-reactive ketones (excluding diaryl/α,β-unsaturated/α-hetero) is 1. The van der Waals surface area contributed by atoms with E-state index in [2.05, 4.69) is 10.8 Å². The fourth-order valence-corrected chi connectivity index (χ4v) is 6.15. The zero-order valence-corrected chi connectivity index (χ0v) is 26.1. The number of ether oxygens (including phenoxy) is 3. The van der Waals surface area contributed by atoms with Crippen molar-refractivity contribution in [3.8, 4) is 17.2 Å². The molecule has 1 fully saturated rings. The highest BCUT2D eigenvalue weighted by Gasteiger charge is 2.50. The number of nitrogens with two attached hydrogens (primary N) is 1. The van der Waals surface area contributed by atoms with E-state index in [4.69, 9.17) is 24.5 Å². The second-order valence-electron chi connectivity index (χ2n) is 11.2. The second-order valence-corrected chi connectivity index (χ2v) is 12.3. The van der Waals surface area contributed by atoms with Crippen molar-refractivity contribution in [2.24, 2.45) is 5.73 Å². The van der Waals surface area contributed by atoms with Crippen LogP contribution in [-0.4, -0.2) is 106 Å². The molecule has 8 N–H and O–H groups in total. The minimum Gasteiger partial charge on any atom is -0.507 e. The highest BCUT2D eigenvalue weighted by atomic mass is 32.3. The molecule has 0 bridgehead atoms. The molecule has 2 aromatic carbocycles. The van der Waals surface area contributed by atoms with Gasteiger partial charge in [0.2, 0.25) is 5.78 Å². The summed E-state index contributed by atoms with van der Waals surface area (Å²) < 4.78 is 48.0. The van der Waals surface area contributed by atoms with Gasteiger partial charge in [0.05, 0.1) is 48.7 Å². The Balaban J connectivity index is 0.000000555.